The van der Waals surface area contributed by atoms with Gasteiger partial charge in [-0.05, 0) is 25.0 Å². The molecule has 26 heavy (non-hydrogen) atoms. The Morgan fingerprint density at radius 3 is 2.92 bits per heavy atom. The van der Waals surface area contributed by atoms with Gasteiger partial charge in [0.2, 0.25) is 0 Å². The summed E-state index contributed by atoms with van der Waals surface area (Å²) in [5.74, 6) is -0.346. The van der Waals surface area contributed by atoms with Crippen LogP contribution in [0.2, 0.25) is 0 Å². The molecule has 0 radical (unpaired) electrons. The van der Waals surface area contributed by atoms with Crippen LogP contribution in [0.15, 0.2) is 36.4 Å². The van der Waals surface area contributed by atoms with E-state index in [2.05, 4.69) is 22.3 Å². The molecule has 0 bridgehead atoms. The largest absolute Gasteiger partial charge is 0.507 e. The number of carbonyl (C=O) groups excluding carboxylic acids is 1. The number of aromatic amines is 1. The molecule has 3 aromatic rings. The zero-order valence-electron chi connectivity index (χ0n) is 14.6. The number of aromatic hydroxyl groups is 1. The third kappa shape index (κ3) is 3.04. The highest BCUT2D eigenvalue weighted by molar-refractivity contribution is 6.01. The number of benzene rings is 2. The van der Waals surface area contributed by atoms with E-state index in [0.717, 1.165) is 16.6 Å². The van der Waals surface area contributed by atoms with Crippen LogP contribution in [0.5, 0.6) is 5.75 Å². The van der Waals surface area contributed by atoms with Crippen molar-refractivity contribution in [1.82, 2.24) is 15.1 Å². The minimum Gasteiger partial charge on any atom is -0.507 e. The van der Waals surface area contributed by atoms with E-state index in [0.29, 0.717) is 31.4 Å². The molecule has 2 heterocycles. The highest BCUT2D eigenvalue weighted by Crippen LogP contribution is 2.29. The molecule has 0 spiro atoms. The summed E-state index contributed by atoms with van der Waals surface area (Å²) in [4.78, 5) is 14.3. The molecule has 1 fully saturated rings. The summed E-state index contributed by atoms with van der Waals surface area (Å²) in [6, 6.07) is 11.5. The first-order valence-electron chi connectivity index (χ1n) is 8.74. The van der Waals surface area contributed by atoms with Gasteiger partial charge in [0.1, 0.15) is 5.75 Å². The summed E-state index contributed by atoms with van der Waals surface area (Å²) < 4.78 is 0. The maximum absolute atomic E-state index is 12.7. The number of rotatable bonds is 3. The van der Waals surface area contributed by atoms with E-state index in [9.17, 15) is 15.0 Å². The van der Waals surface area contributed by atoms with Gasteiger partial charge in [0.05, 0.1) is 17.2 Å². The molecule has 4 rings (SSSR count). The van der Waals surface area contributed by atoms with E-state index in [1.807, 2.05) is 19.1 Å². The first-order chi connectivity index (χ1) is 12.5. The molecule has 0 aliphatic carbocycles. The number of carbonyl (C=O) groups is 1. The summed E-state index contributed by atoms with van der Waals surface area (Å²) in [7, 11) is 0. The number of phenolic OH excluding ortho intramolecular Hbond substituents is 1. The molecule has 0 saturated carbocycles. The number of aliphatic hydroxyl groups excluding tert-OH is 1. The van der Waals surface area contributed by atoms with Gasteiger partial charge in [0.25, 0.3) is 5.91 Å². The molecule has 6 nitrogen and oxygen atoms in total. The van der Waals surface area contributed by atoms with Gasteiger partial charge in [-0.1, -0.05) is 29.8 Å². The Balaban J connectivity index is 1.69. The predicted molar refractivity (Wildman–Crippen MR) is 98.3 cm³/mol. The van der Waals surface area contributed by atoms with Crippen LogP contribution in [-0.4, -0.2) is 50.4 Å². The second-order valence-corrected chi connectivity index (χ2v) is 6.95. The van der Waals surface area contributed by atoms with Crippen molar-refractivity contribution in [1.29, 1.82) is 0 Å². The molecule has 134 valence electrons. The topological polar surface area (TPSA) is 89.4 Å². The Kier molecular flexibility index (Phi) is 4.12. The van der Waals surface area contributed by atoms with Gasteiger partial charge in [-0.3, -0.25) is 9.89 Å². The van der Waals surface area contributed by atoms with Crippen LogP contribution < -0.4 is 0 Å². The Morgan fingerprint density at radius 1 is 1.35 bits per heavy atom. The number of fused-ring (bicyclic) bond motifs is 1. The lowest BCUT2D eigenvalue weighted by Crippen LogP contribution is -2.29. The zero-order valence-corrected chi connectivity index (χ0v) is 14.6. The number of hydrogen-bond acceptors (Lipinski definition) is 4. The highest BCUT2D eigenvalue weighted by Gasteiger charge is 2.27. The van der Waals surface area contributed by atoms with Gasteiger partial charge in [0, 0.05) is 36.7 Å². The second kappa shape index (κ2) is 6.46. The van der Waals surface area contributed by atoms with Crippen molar-refractivity contribution in [3.05, 3.63) is 58.8 Å². The Morgan fingerprint density at radius 2 is 2.19 bits per heavy atom. The number of likely N-dealkylation sites (tertiary alicyclic amines) is 1. The fourth-order valence-corrected chi connectivity index (χ4v) is 3.53. The lowest BCUT2D eigenvalue weighted by Gasteiger charge is -2.16. The third-order valence-corrected chi connectivity index (χ3v) is 4.89. The molecule has 1 aliphatic heterocycles. The number of nitrogens with one attached hydrogen (secondary N) is 1. The third-order valence-electron chi connectivity index (χ3n) is 4.89. The lowest BCUT2D eigenvalue weighted by molar-refractivity contribution is 0.0762. The minimum atomic E-state index is -0.490. The van der Waals surface area contributed by atoms with Crippen molar-refractivity contribution in [3.8, 4) is 5.75 Å². The molecule has 1 amide bonds. The molecule has 2 aromatic carbocycles. The monoisotopic (exact) mass is 351 g/mol. The van der Waals surface area contributed by atoms with E-state index in [1.54, 1.807) is 11.0 Å². The van der Waals surface area contributed by atoms with Gasteiger partial charge in [-0.15, -0.1) is 0 Å². The van der Waals surface area contributed by atoms with E-state index in [-0.39, 0.29) is 17.2 Å². The summed E-state index contributed by atoms with van der Waals surface area (Å²) in [5, 5.41) is 28.0. The Labute approximate surface area is 151 Å². The lowest BCUT2D eigenvalue weighted by atomic mass is 10.0. The molecule has 1 aliphatic rings. The number of aliphatic hydroxyl groups is 1. The van der Waals surface area contributed by atoms with Crippen LogP contribution in [0.3, 0.4) is 0 Å². The van der Waals surface area contributed by atoms with Crippen molar-refractivity contribution in [3.63, 3.8) is 0 Å². The quantitative estimate of drug-likeness (QED) is 0.676. The molecule has 1 aromatic heterocycles. The highest BCUT2D eigenvalue weighted by atomic mass is 16.3. The van der Waals surface area contributed by atoms with E-state index < -0.39 is 6.10 Å². The number of phenols is 1. The normalized spacial score (nSPS) is 17.2. The summed E-state index contributed by atoms with van der Waals surface area (Å²) in [6.07, 6.45) is 0.744. The molecule has 0 unspecified atom stereocenters. The first kappa shape index (κ1) is 16.6. The maximum Gasteiger partial charge on any atom is 0.257 e. The van der Waals surface area contributed by atoms with E-state index in [4.69, 9.17) is 0 Å². The summed E-state index contributed by atoms with van der Waals surface area (Å²) in [5.41, 5.74) is 4.12. The van der Waals surface area contributed by atoms with Crippen LogP contribution in [0, 0.1) is 6.92 Å². The summed E-state index contributed by atoms with van der Waals surface area (Å²) in [6.45, 7) is 2.85. The van der Waals surface area contributed by atoms with Crippen molar-refractivity contribution < 1.29 is 15.0 Å². The molecular weight excluding hydrogens is 330 g/mol. The summed E-state index contributed by atoms with van der Waals surface area (Å²) >= 11 is 0. The van der Waals surface area contributed by atoms with Crippen LogP contribution in [0.1, 0.15) is 33.6 Å². The minimum absolute atomic E-state index is 0.0857. The van der Waals surface area contributed by atoms with Crippen molar-refractivity contribution >= 4 is 16.8 Å². The first-order valence-corrected chi connectivity index (χ1v) is 8.74. The number of nitrogens with zero attached hydrogens (tertiary/aromatic N) is 2. The van der Waals surface area contributed by atoms with Gasteiger partial charge >= 0.3 is 0 Å². The number of hydrogen-bond donors (Lipinski definition) is 3. The second-order valence-electron chi connectivity index (χ2n) is 6.95. The smallest absolute Gasteiger partial charge is 0.257 e. The van der Waals surface area contributed by atoms with Crippen LogP contribution in [0.25, 0.3) is 10.9 Å². The fourth-order valence-electron chi connectivity index (χ4n) is 3.53. The average molecular weight is 351 g/mol. The van der Waals surface area contributed by atoms with Gasteiger partial charge in [0.15, 0.2) is 0 Å². The SMILES string of the molecule is Cc1cccc(Cc2[nH]nc3cc(O)c(C(=O)N4CC[C@@H](O)C4)cc23)c1. The standard InChI is InChI=1S/C20H21N3O3/c1-12-3-2-4-13(7-12)8-17-15-9-16(19(25)10-18(15)22-21-17)20(26)23-6-5-14(24)11-23/h2-4,7,9-10,14,24-25H,5-6,8,11H2,1H3,(H,21,22)/t14-/m1/s1. The predicted octanol–water partition coefficient (Wildman–Crippen LogP) is 2.37. The zero-order chi connectivity index (χ0) is 18.3. The van der Waals surface area contributed by atoms with Crippen molar-refractivity contribution in [2.45, 2.75) is 25.9 Å². The van der Waals surface area contributed by atoms with Crippen LogP contribution in [-0.2, 0) is 6.42 Å². The van der Waals surface area contributed by atoms with E-state index in [1.165, 1.54) is 11.6 Å². The van der Waals surface area contributed by atoms with Gasteiger partial charge < -0.3 is 15.1 Å². The van der Waals surface area contributed by atoms with Gasteiger partial charge in [-0.25, -0.2) is 0 Å². The number of β-amino-alcohol motifs (C(OH)–C–C–N with tert-alkyl or cyclic N) is 1. The number of amides is 1. The van der Waals surface area contributed by atoms with Crippen molar-refractivity contribution in [2.75, 3.05) is 13.1 Å². The molecule has 3 N–H and O–H groups in total. The fraction of sp³-hybridized carbons (Fsp3) is 0.300. The number of aryl methyl sites for hydroxylation is 1. The molecule has 6 heteroatoms. The average Bonchev–Trinajstić information content (AvgIpc) is 3.20. The Bertz CT molecular complexity index is 980. The molecule has 1 saturated heterocycles. The van der Waals surface area contributed by atoms with Crippen molar-refractivity contribution in [2.24, 2.45) is 0 Å². The number of H-pyrrole nitrogens is 1. The Hall–Kier alpha value is -2.86. The van der Waals surface area contributed by atoms with Crippen LogP contribution >= 0.6 is 0 Å². The van der Waals surface area contributed by atoms with Crippen LogP contribution in [0.4, 0.5) is 0 Å². The molecular formula is C20H21N3O3. The van der Waals surface area contributed by atoms with Gasteiger partial charge in [-0.2, -0.15) is 5.10 Å². The molecule has 1 atom stereocenters. The van der Waals surface area contributed by atoms with E-state index >= 15 is 0 Å². The number of aromatic nitrogens is 2. The maximum atomic E-state index is 12.7.